The standard InChI is InChI=1S/C10H17NO3/c1-3-11-4-2-9(1)7-10(8-14-9)12-5-6-13-10/h11H,1-8H2. The maximum Gasteiger partial charge on any atom is 0.194 e. The summed E-state index contributed by atoms with van der Waals surface area (Å²) in [5.74, 6) is -0.392. The predicted octanol–water partition coefficient (Wildman–Crippen LogP) is 0.272. The first kappa shape index (κ1) is 9.09. The van der Waals surface area contributed by atoms with Crippen molar-refractivity contribution in [3.63, 3.8) is 0 Å². The van der Waals surface area contributed by atoms with Gasteiger partial charge in [-0.1, -0.05) is 0 Å². The maximum atomic E-state index is 5.93. The SMILES string of the molecule is C1CC2(CCN1)CC1(CO2)OCCO1. The number of hydrogen-bond acceptors (Lipinski definition) is 4. The Balaban J connectivity index is 1.73. The third kappa shape index (κ3) is 1.37. The molecule has 0 bridgehead atoms. The molecule has 3 fully saturated rings. The van der Waals surface area contributed by atoms with Crippen molar-refractivity contribution in [2.24, 2.45) is 0 Å². The summed E-state index contributed by atoms with van der Waals surface area (Å²) < 4.78 is 17.3. The van der Waals surface area contributed by atoms with Crippen molar-refractivity contribution >= 4 is 0 Å². The Morgan fingerprint density at radius 1 is 0.929 bits per heavy atom. The van der Waals surface area contributed by atoms with Crippen LogP contribution in [0.3, 0.4) is 0 Å². The Kier molecular flexibility index (Phi) is 2.06. The first-order valence-electron chi connectivity index (χ1n) is 5.45. The van der Waals surface area contributed by atoms with Crippen molar-refractivity contribution in [3.8, 4) is 0 Å². The van der Waals surface area contributed by atoms with Gasteiger partial charge in [-0.05, 0) is 25.9 Å². The first-order valence-corrected chi connectivity index (χ1v) is 5.45. The second-order valence-electron chi connectivity index (χ2n) is 4.51. The minimum atomic E-state index is -0.392. The molecule has 0 amide bonds. The van der Waals surface area contributed by atoms with E-state index in [4.69, 9.17) is 14.2 Å². The number of nitrogens with one attached hydrogen (secondary N) is 1. The van der Waals surface area contributed by atoms with Crippen LogP contribution in [0.2, 0.25) is 0 Å². The Bertz CT molecular complexity index is 219. The van der Waals surface area contributed by atoms with E-state index in [9.17, 15) is 0 Å². The van der Waals surface area contributed by atoms with Gasteiger partial charge < -0.3 is 19.5 Å². The van der Waals surface area contributed by atoms with Gasteiger partial charge in [0.15, 0.2) is 5.79 Å². The largest absolute Gasteiger partial charge is 0.369 e. The predicted molar refractivity (Wildman–Crippen MR) is 50.0 cm³/mol. The second kappa shape index (κ2) is 3.17. The van der Waals surface area contributed by atoms with E-state index in [1.165, 1.54) is 0 Å². The summed E-state index contributed by atoms with van der Waals surface area (Å²) in [5.41, 5.74) is 0.0373. The van der Waals surface area contributed by atoms with E-state index in [1.54, 1.807) is 0 Å². The zero-order valence-corrected chi connectivity index (χ0v) is 8.38. The van der Waals surface area contributed by atoms with Gasteiger partial charge in [-0.25, -0.2) is 0 Å². The third-order valence-corrected chi connectivity index (χ3v) is 3.52. The van der Waals surface area contributed by atoms with Gasteiger partial charge in [-0.3, -0.25) is 0 Å². The van der Waals surface area contributed by atoms with Crippen molar-refractivity contribution < 1.29 is 14.2 Å². The molecule has 80 valence electrons. The van der Waals surface area contributed by atoms with Crippen molar-refractivity contribution in [2.45, 2.75) is 30.7 Å². The fourth-order valence-electron chi connectivity index (χ4n) is 2.74. The summed E-state index contributed by atoms with van der Waals surface area (Å²) in [4.78, 5) is 0. The fraction of sp³-hybridized carbons (Fsp3) is 1.00. The van der Waals surface area contributed by atoms with Crippen LogP contribution in [0, 0.1) is 0 Å². The van der Waals surface area contributed by atoms with Crippen molar-refractivity contribution in [1.82, 2.24) is 5.32 Å². The van der Waals surface area contributed by atoms with Crippen LogP contribution in [0.25, 0.3) is 0 Å². The molecule has 0 radical (unpaired) electrons. The van der Waals surface area contributed by atoms with Gasteiger partial charge in [-0.15, -0.1) is 0 Å². The summed E-state index contributed by atoms with van der Waals surface area (Å²) in [7, 11) is 0. The molecule has 0 saturated carbocycles. The molecule has 0 atom stereocenters. The van der Waals surface area contributed by atoms with Gasteiger partial charge in [0.1, 0.15) is 6.61 Å². The van der Waals surface area contributed by atoms with E-state index >= 15 is 0 Å². The fourth-order valence-corrected chi connectivity index (χ4v) is 2.74. The van der Waals surface area contributed by atoms with Gasteiger partial charge in [0, 0.05) is 6.42 Å². The Hall–Kier alpha value is -0.160. The number of rotatable bonds is 0. The lowest BCUT2D eigenvalue weighted by Crippen LogP contribution is -2.43. The van der Waals surface area contributed by atoms with Gasteiger partial charge >= 0.3 is 0 Å². The van der Waals surface area contributed by atoms with Crippen LogP contribution >= 0.6 is 0 Å². The lowest BCUT2D eigenvalue weighted by molar-refractivity contribution is -0.153. The summed E-state index contributed by atoms with van der Waals surface area (Å²) in [6.07, 6.45) is 3.09. The summed E-state index contributed by atoms with van der Waals surface area (Å²) in [6, 6.07) is 0. The number of hydrogen-bond donors (Lipinski definition) is 1. The highest BCUT2D eigenvalue weighted by atomic mass is 16.8. The molecule has 1 N–H and O–H groups in total. The van der Waals surface area contributed by atoms with Crippen LogP contribution in [0.5, 0.6) is 0 Å². The Morgan fingerprint density at radius 2 is 1.64 bits per heavy atom. The van der Waals surface area contributed by atoms with Gasteiger partial charge in [-0.2, -0.15) is 0 Å². The molecule has 0 aromatic heterocycles. The number of ether oxygens (including phenoxy) is 3. The molecule has 2 spiro atoms. The second-order valence-corrected chi connectivity index (χ2v) is 4.51. The van der Waals surface area contributed by atoms with Crippen LogP contribution in [0.4, 0.5) is 0 Å². The molecule has 3 rings (SSSR count). The number of piperidine rings is 1. The molecule has 0 unspecified atom stereocenters. The minimum absolute atomic E-state index is 0.0373. The molecule has 3 heterocycles. The van der Waals surface area contributed by atoms with E-state index in [0.717, 1.165) is 45.6 Å². The van der Waals surface area contributed by atoms with E-state index in [0.29, 0.717) is 6.61 Å². The smallest absolute Gasteiger partial charge is 0.194 e. The molecular weight excluding hydrogens is 182 g/mol. The summed E-state index contributed by atoms with van der Waals surface area (Å²) in [5, 5.41) is 3.35. The zero-order valence-electron chi connectivity index (χ0n) is 8.38. The van der Waals surface area contributed by atoms with Gasteiger partial charge in [0.25, 0.3) is 0 Å². The Morgan fingerprint density at radius 3 is 2.36 bits per heavy atom. The van der Waals surface area contributed by atoms with E-state index in [-0.39, 0.29) is 5.60 Å². The molecule has 0 aromatic rings. The molecule has 4 heteroatoms. The van der Waals surface area contributed by atoms with E-state index < -0.39 is 5.79 Å². The average Bonchev–Trinajstić information content (AvgIpc) is 2.78. The van der Waals surface area contributed by atoms with Crippen LogP contribution in [-0.4, -0.2) is 44.3 Å². The normalized spacial score (nSPS) is 34.3. The zero-order chi connectivity index (χ0) is 9.49. The van der Waals surface area contributed by atoms with Crippen LogP contribution in [-0.2, 0) is 14.2 Å². The molecule has 4 nitrogen and oxygen atoms in total. The van der Waals surface area contributed by atoms with Crippen LogP contribution in [0.15, 0.2) is 0 Å². The van der Waals surface area contributed by atoms with E-state index in [1.807, 2.05) is 0 Å². The quantitative estimate of drug-likeness (QED) is 0.608. The lowest BCUT2D eigenvalue weighted by Gasteiger charge is -2.33. The highest BCUT2D eigenvalue weighted by Gasteiger charge is 2.53. The highest BCUT2D eigenvalue weighted by molar-refractivity contribution is 4.98. The van der Waals surface area contributed by atoms with Gasteiger partial charge in [0.2, 0.25) is 0 Å². The van der Waals surface area contributed by atoms with Crippen molar-refractivity contribution in [2.75, 3.05) is 32.9 Å². The van der Waals surface area contributed by atoms with Gasteiger partial charge in [0.05, 0.1) is 18.8 Å². The molecule has 3 aliphatic heterocycles. The summed E-state index contributed by atoms with van der Waals surface area (Å²) >= 11 is 0. The minimum Gasteiger partial charge on any atom is -0.369 e. The summed E-state index contributed by atoms with van der Waals surface area (Å²) in [6.45, 7) is 4.16. The van der Waals surface area contributed by atoms with E-state index in [2.05, 4.69) is 5.32 Å². The molecule has 0 aliphatic carbocycles. The maximum absolute atomic E-state index is 5.93. The molecule has 0 aromatic carbocycles. The molecule has 3 aliphatic rings. The highest BCUT2D eigenvalue weighted by Crippen LogP contribution is 2.43. The lowest BCUT2D eigenvalue weighted by atomic mass is 9.88. The first-order chi connectivity index (χ1) is 6.83. The Labute approximate surface area is 83.9 Å². The molecule has 14 heavy (non-hydrogen) atoms. The van der Waals surface area contributed by atoms with Crippen molar-refractivity contribution in [3.05, 3.63) is 0 Å². The monoisotopic (exact) mass is 199 g/mol. The third-order valence-electron chi connectivity index (χ3n) is 3.52. The van der Waals surface area contributed by atoms with Crippen LogP contribution < -0.4 is 5.32 Å². The van der Waals surface area contributed by atoms with Crippen LogP contribution in [0.1, 0.15) is 19.3 Å². The topological polar surface area (TPSA) is 39.7 Å². The molecule has 3 saturated heterocycles. The average molecular weight is 199 g/mol. The molecular formula is C10H17NO3. The van der Waals surface area contributed by atoms with Crippen molar-refractivity contribution in [1.29, 1.82) is 0 Å².